The Balaban J connectivity index is 2.12. The number of anilines is 1. The largest absolute Gasteiger partial charge is 0.480 e. The van der Waals surface area contributed by atoms with Crippen LogP contribution in [0.1, 0.15) is 20.8 Å². The van der Waals surface area contributed by atoms with Crippen molar-refractivity contribution in [3.63, 3.8) is 0 Å². The summed E-state index contributed by atoms with van der Waals surface area (Å²) in [5.41, 5.74) is 0.193. The molecule has 7 nitrogen and oxygen atoms in total. The first-order chi connectivity index (χ1) is 10.3. The number of ether oxygens (including phenoxy) is 1. The Labute approximate surface area is 129 Å². The fourth-order valence-corrected chi connectivity index (χ4v) is 2.31. The van der Waals surface area contributed by atoms with Gasteiger partial charge in [-0.2, -0.15) is 0 Å². The molecule has 0 radical (unpaired) electrons. The van der Waals surface area contributed by atoms with E-state index in [0.29, 0.717) is 13.1 Å². The van der Waals surface area contributed by atoms with Crippen LogP contribution in [0.4, 0.5) is 10.5 Å². The molecule has 1 amide bonds. The van der Waals surface area contributed by atoms with E-state index in [9.17, 15) is 14.7 Å². The number of piperazine rings is 1. The van der Waals surface area contributed by atoms with Gasteiger partial charge in [0.2, 0.25) is 0 Å². The number of hydrogen-bond donors (Lipinski definition) is 1. The van der Waals surface area contributed by atoms with Gasteiger partial charge < -0.3 is 14.7 Å². The third-order valence-electron chi connectivity index (χ3n) is 3.30. The molecule has 1 aliphatic heterocycles. The number of pyridine rings is 1. The maximum Gasteiger partial charge on any atom is 0.411 e. The average molecular weight is 307 g/mol. The van der Waals surface area contributed by atoms with Gasteiger partial charge in [-0.25, -0.2) is 9.59 Å². The molecule has 1 aromatic heterocycles. The van der Waals surface area contributed by atoms with E-state index in [-0.39, 0.29) is 6.54 Å². The van der Waals surface area contributed by atoms with Gasteiger partial charge in [-0.15, -0.1) is 0 Å². The number of carbonyl (C=O) groups is 2. The normalized spacial score (nSPS) is 19.0. The van der Waals surface area contributed by atoms with Crippen LogP contribution >= 0.6 is 0 Å². The minimum atomic E-state index is -1.04. The molecule has 2 rings (SSSR count). The number of carbonyl (C=O) groups excluding carboxylic acids is 1. The van der Waals surface area contributed by atoms with Crippen molar-refractivity contribution in [2.45, 2.75) is 32.4 Å². The van der Waals surface area contributed by atoms with Crippen LogP contribution in [0.25, 0.3) is 0 Å². The molecule has 0 aromatic carbocycles. The van der Waals surface area contributed by atoms with Crippen molar-refractivity contribution in [3.8, 4) is 0 Å². The highest BCUT2D eigenvalue weighted by Crippen LogP contribution is 2.20. The second-order valence-corrected chi connectivity index (χ2v) is 6.19. The van der Waals surface area contributed by atoms with E-state index in [1.165, 1.54) is 4.90 Å². The highest BCUT2D eigenvalue weighted by atomic mass is 16.6. The van der Waals surface area contributed by atoms with Crippen LogP contribution in [0.5, 0.6) is 0 Å². The topological polar surface area (TPSA) is 83.0 Å². The molecule has 2 heterocycles. The number of amides is 1. The second kappa shape index (κ2) is 6.21. The van der Waals surface area contributed by atoms with Crippen LogP contribution in [0.2, 0.25) is 0 Å². The van der Waals surface area contributed by atoms with Crippen molar-refractivity contribution in [1.29, 1.82) is 0 Å². The Morgan fingerprint density at radius 1 is 1.36 bits per heavy atom. The molecule has 7 heteroatoms. The Morgan fingerprint density at radius 3 is 2.64 bits per heavy atom. The van der Waals surface area contributed by atoms with Crippen molar-refractivity contribution < 1.29 is 19.4 Å². The lowest BCUT2D eigenvalue weighted by Gasteiger charge is -2.40. The van der Waals surface area contributed by atoms with Crippen molar-refractivity contribution in [3.05, 3.63) is 24.5 Å². The zero-order valence-corrected chi connectivity index (χ0v) is 13.0. The predicted octanol–water partition coefficient (Wildman–Crippen LogP) is 1.59. The standard InChI is InChI=1S/C15H21N3O4/c1-15(2,3)22-14(21)18-8-7-17(10-12(18)13(19)20)11-5-4-6-16-9-11/h4-6,9,12H,7-8,10H2,1-3H3,(H,19,20)/t12-/m1/s1. The van der Waals surface area contributed by atoms with E-state index in [0.717, 1.165) is 5.69 Å². The summed E-state index contributed by atoms with van der Waals surface area (Å²) in [7, 11) is 0. The van der Waals surface area contributed by atoms with Crippen LogP contribution in [0.15, 0.2) is 24.5 Å². The molecule has 120 valence electrons. The Hall–Kier alpha value is -2.31. The van der Waals surface area contributed by atoms with Gasteiger partial charge in [-0.3, -0.25) is 9.88 Å². The van der Waals surface area contributed by atoms with Crippen LogP contribution in [0, 0.1) is 0 Å². The number of carboxylic acids is 1. The summed E-state index contributed by atoms with van der Waals surface area (Å²) in [6.07, 6.45) is 2.75. The number of hydrogen-bond acceptors (Lipinski definition) is 5. The van der Waals surface area contributed by atoms with Gasteiger partial charge in [-0.1, -0.05) is 0 Å². The molecule has 0 saturated carbocycles. The molecule has 1 N–H and O–H groups in total. The molecule has 1 atom stereocenters. The van der Waals surface area contributed by atoms with Gasteiger partial charge in [0.15, 0.2) is 0 Å². The number of aliphatic carboxylic acids is 1. The Bertz CT molecular complexity index is 541. The van der Waals surface area contributed by atoms with E-state index in [2.05, 4.69) is 4.98 Å². The van der Waals surface area contributed by atoms with Crippen molar-refractivity contribution >= 4 is 17.7 Å². The summed E-state index contributed by atoms with van der Waals surface area (Å²) in [6.45, 7) is 6.31. The quantitative estimate of drug-likeness (QED) is 0.893. The van der Waals surface area contributed by atoms with Crippen LogP contribution in [-0.4, -0.2) is 58.3 Å². The zero-order valence-electron chi connectivity index (χ0n) is 13.0. The molecule has 1 fully saturated rings. The van der Waals surface area contributed by atoms with Crippen molar-refractivity contribution in [2.75, 3.05) is 24.5 Å². The lowest BCUT2D eigenvalue weighted by Crippen LogP contribution is -2.59. The van der Waals surface area contributed by atoms with Crippen LogP contribution in [-0.2, 0) is 9.53 Å². The summed E-state index contributed by atoms with van der Waals surface area (Å²) in [4.78, 5) is 30.9. The molecule has 1 saturated heterocycles. The first-order valence-electron chi connectivity index (χ1n) is 7.15. The number of aromatic nitrogens is 1. The molecular formula is C15H21N3O4. The maximum atomic E-state index is 12.2. The van der Waals surface area contributed by atoms with E-state index in [1.54, 1.807) is 39.2 Å². The molecule has 0 unspecified atom stereocenters. The molecule has 1 aliphatic rings. The zero-order chi connectivity index (χ0) is 16.3. The van der Waals surface area contributed by atoms with Gasteiger partial charge in [0.05, 0.1) is 11.9 Å². The van der Waals surface area contributed by atoms with Gasteiger partial charge in [0.25, 0.3) is 0 Å². The molecular weight excluding hydrogens is 286 g/mol. The third kappa shape index (κ3) is 3.87. The van der Waals surface area contributed by atoms with E-state index >= 15 is 0 Å². The SMILES string of the molecule is CC(C)(C)OC(=O)N1CCN(c2cccnc2)C[C@@H]1C(=O)O. The van der Waals surface area contributed by atoms with Crippen molar-refractivity contribution in [2.24, 2.45) is 0 Å². The highest BCUT2D eigenvalue weighted by molar-refractivity contribution is 5.81. The smallest absolute Gasteiger partial charge is 0.411 e. The summed E-state index contributed by atoms with van der Waals surface area (Å²) < 4.78 is 5.29. The third-order valence-corrected chi connectivity index (χ3v) is 3.30. The number of nitrogens with zero attached hydrogens (tertiary/aromatic N) is 3. The summed E-state index contributed by atoms with van der Waals surface area (Å²) in [5, 5.41) is 9.43. The molecule has 22 heavy (non-hydrogen) atoms. The Kier molecular flexibility index (Phi) is 4.54. The molecule has 0 bridgehead atoms. The van der Waals surface area contributed by atoms with Gasteiger partial charge in [0, 0.05) is 25.8 Å². The molecule has 1 aromatic rings. The number of carboxylic acid groups (broad SMARTS) is 1. The summed E-state index contributed by atoms with van der Waals surface area (Å²) in [6, 6.07) is 2.73. The van der Waals surface area contributed by atoms with Crippen molar-refractivity contribution in [1.82, 2.24) is 9.88 Å². The fourth-order valence-electron chi connectivity index (χ4n) is 2.31. The van der Waals surface area contributed by atoms with E-state index < -0.39 is 23.7 Å². The molecule has 0 spiro atoms. The monoisotopic (exact) mass is 307 g/mol. The maximum absolute atomic E-state index is 12.2. The average Bonchev–Trinajstić information content (AvgIpc) is 2.45. The highest BCUT2D eigenvalue weighted by Gasteiger charge is 2.37. The van der Waals surface area contributed by atoms with E-state index in [1.807, 2.05) is 11.0 Å². The first-order valence-corrected chi connectivity index (χ1v) is 7.15. The van der Waals surface area contributed by atoms with Crippen LogP contribution < -0.4 is 4.90 Å². The number of rotatable bonds is 2. The fraction of sp³-hybridized carbons (Fsp3) is 0.533. The summed E-state index contributed by atoms with van der Waals surface area (Å²) in [5.74, 6) is -1.04. The van der Waals surface area contributed by atoms with E-state index in [4.69, 9.17) is 4.74 Å². The lowest BCUT2D eigenvalue weighted by atomic mass is 10.1. The minimum absolute atomic E-state index is 0.209. The summed E-state index contributed by atoms with van der Waals surface area (Å²) >= 11 is 0. The van der Waals surface area contributed by atoms with Gasteiger partial charge >= 0.3 is 12.1 Å². The van der Waals surface area contributed by atoms with Crippen LogP contribution in [0.3, 0.4) is 0 Å². The first kappa shape index (κ1) is 16.1. The Morgan fingerprint density at radius 2 is 2.09 bits per heavy atom. The second-order valence-electron chi connectivity index (χ2n) is 6.19. The minimum Gasteiger partial charge on any atom is -0.480 e. The van der Waals surface area contributed by atoms with Gasteiger partial charge in [0.1, 0.15) is 11.6 Å². The lowest BCUT2D eigenvalue weighted by molar-refractivity contribution is -0.143. The predicted molar refractivity (Wildman–Crippen MR) is 80.8 cm³/mol. The molecule has 0 aliphatic carbocycles. The van der Waals surface area contributed by atoms with Gasteiger partial charge in [-0.05, 0) is 32.9 Å².